The fourth-order valence-corrected chi connectivity index (χ4v) is 1.55. The Labute approximate surface area is 95.6 Å². The van der Waals surface area contributed by atoms with Gasteiger partial charge in [0.2, 0.25) is 0 Å². The fraction of sp³-hybridized carbons (Fsp3) is 0.818. The molecule has 1 aliphatic carbocycles. The number of carboxylic acid groups (broad SMARTS) is 1. The maximum atomic E-state index is 11.3. The van der Waals surface area contributed by atoms with Crippen molar-refractivity contribution in [2.75, 3.05) is 6.54 Å². The van der Waals surface area contributed by atoms with E-state index in [0.717, 1.165) is 18.8 Å². The second-order valence-corrected chi connectivity index (χ2v) is 4.28. The van der Waals surface area contributed by atoms with Crippen molar-refractivity contribution < 1.29 is 14.7 Å². The molecular weight excluding hydrogens is 208 g/mol. The van der Waals surface area contributed by atoms with Crippen LogP contribution in [0.3, 0.4) is 0 Å². The topological polar surface area (TPSA) is 78.4 Å². The molecule has 2 amide bonds. The maximum Gasteiger partial charge on any atom is 0.326 e. The molecule has 0 heterocycles. The van der Waals surface area contributed by atoms with Gasteiger partial charge in [0.25, 0.3) is 0 Å². The van der Waals surface area contributed by atoms with Crippen LogP contribution in [0.25, 0.3) is 0 Å². The van der Waals surface area contributed by atoms with Gasteiger partial charge in [0.15, 0.2) is 0 Å². The van der Waals surface area contributed by atoms with Crippen LogP contribution >= 0.6 is 0 Å². The molecule has 1 unspecified atom stereocenters. The minimum atomic E-state index is -0.990. The van der Waals surface area contributed by atoms with Gasteiger partial charge in [-0.1, -0.05) is 19.8 Å². The average Bonchev–Trinajstić information content (AvgIpc) is 3.04. The van der Waals surface area contributed by atoms with Crippen molar-refractivity contribution in [3.8, 4) is 0 Å². The number of aliphatic carboxylic acids is 1. The molecule has 1 saturated carbocycles. The number of hydrogen-bond donors (Lipinski definition) is 3. The maximum absolute atomic E-state index is 11.3. The second-order valence-electron chi connectivity index (χ2n) is 4.28. The molecule has 0 spiro atoms. The number of carbonyl (C=O) groups excluding carboxylic acids is 1. The van der Waals surface area contributed by atoms with Crippen molar-refractivity contribution in [2.45, 2.75) is 45.1 Å². The van der Waals surface area contributed by atoms with Gasteiger partial charge in [-0.3, -0.25) is 0 Å². The third-order valence-corrected chi connectivity index (χ3v) is 2.78. The van der Waals surface area contributed by atoms with Crippen molar-refractivity contribution in [2.24, 2.45) is 5.92 Å². The summed E-state index contributed by atoms with van der Waals surface area (Å²) in [6.07, 6.45) is 5.18. The Morgan fingerprint density at radius 2 is 2.12 bits per heavy atom. The average molecular weight is 228 g/mol. The van der Waals surface area contributed by atoms with E-state index in [1.54, 1.807) is 6.92 Å². The lowest BCUT2D eigenvalue weighted by Gasteiger charge is -2.12. The Morgan fingerprint density at radius 1 is 1.44 bits per heavy atom. The Kier molecular flexibility index (Phi) is 5.08. The largest absolute Gasteiger partial charge is 0.480 e. The second kappa shape index (κ2) is 6.35. The zero-order valence-electron chi connectivity index (χ0n) is 9.66. The quantitative estimate of drug-likeness (QED) is 0.575. The number of carboxylic acids is 1. The number of nitrogens with one attached hydrogen (secondary N) is 2. The smallest absolute Gasteiger partial charge is 0.326 e. The lowest BCUT2D eigenvalue weighted by atomic mass is 10.2. The Bertz CT molecular complexity index is 252. The highest BCUT2D eigenvalue weighted by atomic mass is 16.4. The van der Waals surface area contributed by atoms with E-state index < -0.39 is 12.0 Å². The van der Waals surface area contributed by atoms with Crippen LogP contribution in [-0.4, -0.2) is 29.7 Å². The van der Waals surface area contributed by atoms with Gasteiger partial charge in [0, 0.05) is 6.54 Å². The molecule has 3 N–H and O–H groups in total. The Hall–Kier alpha value is -1.26. The molecule has 0 aromatic rings. The van der Waals surface area contributed by atoms with Crippen molar-refractivity contribution >= 4 is 12.0 Å². The Morgan fingerprint density at radius 3 is 2.62 bits per heavy atom. The number of amides is 2. The summed E-state index contributed by atoms with van der Waals surface area (Å²) >= 11 is 0. The molecule has 1 rings (SSSR count). The lowest BCUT2D eigenvalue weighted by molar-refractivity contribution is -0.139. The van der Waals surface area contributed by atoms with Gasteiger partial charge in [-0.15, -0.1) is 0 Å². The van der Waals surface area contributed by atoms with Gasteiger partial charge in [0.05, 0.1) is 0 Å². The molecule has 1 fully saturated rings. The van der Waals surface area contributed by atoms with Crippen LogP contribution in [0.2, 0.25) is 0 Å². The molecule has 5 nitrogen and oxygen atoms in total. The summed E-state index contributed by atoms with van der Waals surface area (Å²) in [4.78, 5) is 21.9. The summed E-state index contributed by atoms with van der Waals surface area (Å²) in [6.45, 7) is 2.35. The minimum Gasteiger partial charge on any atom is -0.480 e. The van der Waals surface area contributed by atoms with Gasteiger partial charge in [-0.2, -0.15) is 0 Å². The molecule has 0 bridgehead atoms. The predicted molar refractivity (Wildman–Crippen MR) is 60.2 cm³/mol. The molecule has 92 valence electrons. The first-order valence-corrected chi connectivity index (χ1v) is 5.90. The van der Waals surface area contributed by atoms with E-state index in [1.165, 1.54) is 12.8 Å². The van der Waals surface area contributed by atoms with Crippen molar-refractivity contribution in [3.05, 3.63) is 0 Å². The summed E-state index contributed by atoms with van der Waals surface area (Å²) in [6, 6.07) is -1.17. The van der Waals surface area contributed by atoms with Gasteiger partial charge in [0.1, 0.15) is 6.04 Å². The van der Waals surface area contributed by atoms with Crippen LogP contribution in [0, 0.1) is 5.92 Å². The molecule has 0 aromatic heterocycles. The standard InChI is InChI=1S/C11H20N2O3/c1-2-9(10(14)15)13-11(16)12-7-3-4-8-5-6-8/h8-9H,2-7H2,1H3,(H,14,15)(H2,12,13,16). The molecule has 0 aromatic carbocycles. The van der Waals surface area contributed by atoms with E-state index in [4.69, 9.17) is 5.11 Å². The highest BCUT2D eigenvalue weighted by Crippen LogP contribution is 2.33. The SMILES string of the molecule is CCC(NC(=O)NCCCC1CC1)C(=O)O. The normalized spacial score (nSPS) is 16.6. The van der Waals surface area contributed by atoms with E-state index in [2.05, 4.69) is 10.6 Å². The van der Waals surface area contributed by atoms with Crippen LogP contribution in [0.1, 0.15) is 39.0 Å². The number of rotatable bonds is 7. The first-order valence-electron chi connectivity index (χ1n) is 5.90. The summed E-state index contributed by atoms with van der Waals surface area (Å²) in [5.41, 5.74) is 0. The first-order chi connectivity index (χ1) is 7.63. The number of urea groups is 1. The van der Waals surface area contributed by atoms with E-state index in [-0.39, 0.29) is 6.03 Å². The summed E-state index contributed by atoms with van der Waals surface area (Å²) in [5.74, 6) is -0.122. The zero-order chi connectivity index (χ0) is 12.0. The number of carbonyl (C=O) groups is 2. The molecule has 1 aliphatic rings. The molecule has 16 heavy (non-hydrogen) atoms. The van der Waals surface area contributed by atoms with Crippen LogP contribution in [-0.2, 0) is 4.79 Å². The third-order valence-electron chi connectivity index (χ3n) is 2.78. The molecule has 0 aliphatic heterocycles. The molecule has 5 heteroatoms. The number of hydrogen-bond acceptors (Lipinski definition) is 2. The van der Waals surface area contributed by atoms with Gasteiger partial charge in [-0.25, -0.2) is 9.59 Å². The van der Waals surface area contributed by atoms with Crippen molar-refractivity contribution in [1.82, 2.24) is 10.6 Å². The Balaban J connectivity index is 2.06. The molecular formula is C11H20N2O3. The lowest BCUT2D eigenvalue weighted by Crippen LogP contribution is -2.45. The summed E-state index contributed by atoms with van der Waals surface area (Å²) in [7, 11) is 0. The highest BCUT2D eigenvalue weighted by molar-refractivity contribution is 5.82. The van der Waals surface area contributed by atoms with Crippen molar-refractivity contribution in [3.63, 3.8) is 0 Å². The van der Waals surface area contributed by atoms with Crippen LogP contribution < -0.4 is 10.6 Å². The van der Waals surface area contributed by atoms with Gasteiger partial charge >= 0.3 is 12.0 Å². The third kappa shape index (κ3) is 5.00. The monoisotopic (exact) mass is 228 g/mol. The van der Waals surface area contributed by atoms with E-state index >= 15 is 0 Å². The predicted octanol–water partition coefficient (Wildman–Crippen LogP) is 1.34. The fourth-order valence-electron chi connectivity index (χ4n) is 1.55. The van der Waals surface area contributed by atoms with Crippen LogP contribution in [0.4, 0.5) is 4.79 Å². The molecule has 0 radical (unpaired) electrons. The van der Waals surface area contributed by atoms with E-state index in [1.807, 2.05) is 0 Å². The molecule has 1 atom stereocenters. The van der Waals surface area contributed by atoms with Crippen molar-refractivity contribution in [1.29, 1.82) is 0 Å². The summed E-state index contributed by atoms with van der Waals surface area (Å²) in [5, 5.41) is 13.8. The van der Waals surface area contributed by atoms with Crippen LogP contribution in [0.15, 0.2) is 0 Å². The van der Waals surface area contributed by atoms with Gasteiger partial charge < -0.3 is 15.7 Å². The zero-order valence-corrected chi connectivity index (χ0v) is 9.66. The van der Waals surface area contributed by atoms with E-state index in [0.29, 0.717) is 13.0 Å². The first kappa shape index (κ1) is 12.8. The highest BCUT2D eigenvalue weighted by Gasteiger charge is 2.20. The summed E-state index contributed by atoms with van der Waals surface area (Å²) < 4.78 is 0. The van der Waals surface area contributed by atoms with E-state index in [9.17, 15) is 9.59 Å². The van der Waals surface area contributed by atoms with Gasteiger partial charge in [-0.05, 0) is 25.2 Å². The van der Waals surface area contributed by atoms with Crippen LogP contribution in [0.5, 0.6) is 0 Å². The molecule has 0 saturated heterocycles. The minimum absolute atomic E-state index is 0.384.